The zero-order valence-corrected chi connectivity index (χ0v) is 19.9. The van der Waals surface area contributed by atoms with Gasteiger partial charge in [-0.15, -0.1) is 0 Å². The fourth-order valence-corrected chi connectivity index (χ4v) is 20.0. The van der Waals surface area contributed by atoms with E-state index in [-0.39, 0.29) is 3.59 Å². The Hall–Kier alpha value is -0.161. The molecule has 0 spiro atoms. The number of benzene rings is 1. The van der Waals surface area contributed by atoms with E-state index in [4.69, 9.17) is 11.6 Å². The average molecular weight is 496 g/mol. The van der Waals surface area contributed by atoms with Gasteiger partial charge in [-0.05, 0) is 0 Å². The van der Waals surface area contributed by atoms with Crippen LogP contribution in [0.4, 0.5) is 13.2 Å². The van der Waals surface area contributed by atoms with Crippen LogP contribution in [0, 0.1) is 0 Å². The monoisotopic (exact) mass is 496 g/mol. The molecule has 148 valence electrons. The first-order valence-corrected chi connectivity index (χ1v) is 17.7. The van der Waals surface area contributed by atoms with E-state index in [1.54, 1.807) is 24.3 Å². The summed E-state index contributed by atoms with van der Waals surface area (Å²) >= 11 is 2.35. The molecule has 0 bridgehead atoms. The summed E-state index contributed by atoms with van der Waals surface area (Å²) in [5.41, 5.74) is 0.618. The quantitative estimate of drug-likeness (QED) is 0.269. The van der Waals surface area contributed by atoms with E-state index in [1.807, 2.05) is 0 Å². The van der Waals surface area contributed by atoms with E-state index in [9.17, 15) is 13.2 Å². The number of allylic oxidation sites excluding steroid dienone is 1. The van der Waals surface area contributed by atoms with Gasteiger partial charge in [-0.3, -0.25) is 0 Å². The van der Waals surface area contributed by atoms with Crippen molar-refractivity contribution in [3.8, 4) is 0 Å². The van der Waals surface area contributed by atoms with Crippen LogP contribution in [0.5, 0.6) is 0 Å². The summed E-state index contributed by atoms with van der Waals surface area (Å²) in [5.74, 6) is 0. The summed E-state index contributed by atoms with van der Waals surface area (Å²) in [6, 6.07) is 6.74. The van der Waals surface area contributed by atoms with Crippen LogP contribution in [0.1, 0.15) is 64.9 Å². The molecule has 1 rings (SSSR count). The van der Waals surface area contributed by atoms with Crippen molar-refractivity contribution in [2.45, 2.75) is 78.8 Å². The second-order valence-electron chi connectivity index (χ2n) is 7.20. The minimum absolute atomic E-state index is 0.149. The van der Waals surface area contributed by atoms with E-state index in [2.05, 4.69) is 20.8 Å². The van der Waals surface area contributed by atoms with Crippen molar-refractivity contribution < 1.29 is 13.2 Å². The topological polar surface area (TPSA) is 0 Å². The normalized spacial score (nSPS) is 13.3. The van der Waals surface area contributed by atoms with Gasteiger partial charge in [0.05, 0.1) is 0 Å². The van der Waals surface area contributed by atoms with Gasteiger partial charge in [0.2, 0.25) is 0 Å². The summed E-state index contributed by atoms with van der Waals surface area (Å²) in [4.78, 5) is 0. The molecule has 0 unspecified atom stereocenters. The summed E-state index contributed by atoms with van der Waals surface area (Å²) in [6.07, 6.45) is 2.85. The molecule has 5 heteroatoms. The van der Waals surface area contributed by atoms with Crippen LogP contribution in [0.25, 0.3) is 6.08 Å². The van der Waals surface area contributed by atoms with E-state index in [1.165, 1.54) is 6.08 Å². The Morgan fingerprint density at radius 3 is 1.65 bits per heavy atom. The fourth-order valence-electron chi connectivity index (χ4n) is 3.59. The molecular weight excluding hydrogens is 463 g/mol. The number of rotatable bonds is 11. The molecule has 0 saturated heterocycles. The number of alkyl halides is 3. The Bertz CT molecular complexity index is 528. The van der Waals surface area contributed by atoms with Gasteiger partial charge in [0.1, 0.15) is 0 Å². The maximum atomic E-state index is 14.2. The maximum absolute atomic E-state index is 14.2. The Kier molecular flexibility index (Phi) is 10.7. The van der Waals surface area contributed by atoms with Crippen LogP contribution in [0.3, 0.4) is 0 Å². The van der Waals surface area contributed by atoms with Crippen LogP contribution in [0.2, 0.25) is 18.3 Å². The minimum atomic E-state index is -4.23. The Balaban J connectivity index is 3.43. The van der Waals surface area contributed by atoms with Gasteiger partial charge in [0.15, 0.2) is 0 Å². The summed E-state index contributed by atoms with van der Waals surface area (Å²) in [7, 11) is 0. The third-order valence-electron chi connectivity index (χ3n) is 5.08. The second kappa shape index (κ2) is 11.6. The van der Waals surface area contributed by atoms with Crippen LogP contribution in [-0.2, 0) is 0 Å². The second-order valence-corrected chi connectivity index (χ2v) is 20.8. The molecule has 0 amide bonds. The predicted octanol–water partition coefficient (Wildman–Crippen LogP) is 8.67. The molecule has 1 aromatic rings. The summed E-state index contributed by atoms with van der Waals surface area (Å²) < 4.78 is 44.9. The first kappa shape index (κ1) is 23.9. The molecule has 0 nitrogen and oxygen atoms in total. The Morgan fingerprint density at radius 2 is 1.31 bits per heavy atom. The molecule has 0 atom stereocenters. The van der Waals surface area contributed by atoms with E-state index >= 15 is 0 Å². The van der Waals surface area contributed by atoms with Crippen LogP contribution < -0.4 is 0 Å². The molecular formula is C21H32ClF3Sn. The van der Waals surface area contributed by atoms with Gasteiger partial charge >= 0.3 is 166 Å². The third-order valence-corrected chi connectivity index (χ3v) is 21.0. The first-order chi connectivity index (χ1) is 12.3. The van der Waals surface area contributed by atoms with Gasteiger partial charge in [-0.25, -0.2) is 0 Å². The Morgan fingerprint density at radius 1 is 0.885 bits per heavy atom. The average Bonchev–Trinajstić information content (AvgIpc) is 2.60. The number of unbranched alkanes of at least 4 members (excludes halogenated alkanes) is 3. The van der Waals surface area contributed by atoms with Crippen molar-refractivity contribution in [3.63, 3.8) is 0 Å². The molecule has 0 aliphatic carbocycles. The molecule has 0 radical (unpaired) electrons. The fraction of sp³-hybridized carbons (Fsp3) is 0.619. The zero-order chi connectivity index (χ0) is 19.6. The van der Waals surface area contributed by atoms with Crippen molar-refractivity contribution in [1.82, 2.24) is 0 Å². The Labute approximate surface area is 166 Å². The standard InChI is InChI=1S/C9H5ClF3.3C4H9.Sn/c10-8-3-1-7(2-4-8)5-6-9(11,12)13;3*1-3-4-2;/h1-5H;3*1,3-4H2,2H3;. The van der Waals surface area contributed by atoms with Crippen LogP contribution in [-0.4, -0.2) is 24.6 Å². The van der Waals surface area contributed by atoms with Gasteiger partial charge < -0.3 is 0 Å². The molecule has 0 saturated carbocycles. The third kappa shape index (κ3) is 7.46. The molecule has 0 fully saturated rings. The zero-order valence-electron chi connectivity index (χ0n) is 16.3. The predicted molar refractivity (Wildman–Crippen MR) is 110 cm³/mol. The number of hydrogen-bond donors (Lipinski definition) is 0. The van der Waals surface area contributed by atoms with Crippen molar-refractivity contribution in [3.05, 3.63) is 38.4 Å². The van der Waals surface area contributed by atoms with Crippen molar-refractivity contribution in [2.24, 2.45) is 0 Å². The molecule has 0 aromatic heterocycles. The molecule has 26 heavy (non-hydrogen) atoms. The van der Waals surface area contributed by atoms with Gasteiger partial charge in [0, 0.05) is 0 Å². The van der Waals surface area contributed by atoms with Gasteiger partial charge in [0.25, 0.3) is 0 Å². The van der Waals surface area contributed by atoms with Crippen molar-refractivity contribution in [2.75, 3.05) is 0 Å². The number of hydrogen-bond acceptors (Lipinski definition) is 0. The summed E-state index contributed by atoms with van der Waals surface area (Å²) in [6.45, 7) is 6.23. The molecule has 0 N–H and O–H groups in total. The molecule has 1 aromatic carbocycles. The molecule has 0 aliphatic rings. The van der Waals surface area contributed by atoms with E-state index < -0.39 is 24.6 Å². The van der Waals surface area contributed by atoms with Gasteiger partial charge in [-0.1, -0.05) is 0 Å². The van der Waals surface area contributed by atoms with Crippen molar-refractivity contribution in [1.29, 1.82) is 0 Å². The first-order valence-electron chi connectivity index (χ1n) is 9.84. The SMILES string of the molecule is CCC[CH2][Sn]([CH2]CCC)([CH2]CCC)/[C](=C/c1ccc(Cl)cc1)C(F)(F)F. The van der Waals surface area contributed by atoms with Crippen LogP contribution >= 0.6 is 11.6 Å². The van der Waals surface area contributed by atoms with Crippen molar-refractivity contribution >= 4 is 36.1 Å². The summed E-state index contributed by atoms with van der Waals surface area (Å²) in [5, 5.41) is 0.549. The van der Waals surface area contributed by atoms with E-state index in [0.717, 1.165) is 51.8 Å². The van der Waals surface area contributed by atoms with E-state index in [0.29, 0.717) is 10.6 Å². The van der Waals surface area contributed by atoms with Gasteiger partial charge in [-0.2, -0.15) is 0 Å². The van der Waals surface area contributed by atoms with Crippen LogP contribution in [0.15, 0.2) is 27.9 Å². The molecule has 0 heterocycles. The molecule has 0 aliphatic heterocycles. The number of halogens is 4.